The molecule has 4 heterocycles. The van der Waals surface area contributed by atoms with Gasteiger partial charge in [0.15, 0.2) is 5.58 Å². The van der Waals surface area contributed by atoms with Crippen LogP contribution in [0.2, 0.25) is 0 Å². The van der Waals surface area contributed by atoms with Crippen molar-refractivity contribution in [2.24, 2.45) is 11.7 Å². The van der Waals surface area contributed by atoms with Crippen molar-refractivity contribution in [2.45, 2.75) is 44.7 Å². The average Bonchev–Trinajstić information content (AvgIpc) is 3.70. The number of nitrogens with one attached hydrogen (secondary N) is 1. The third-order valence-electron chi connectivity index (χ3n) is 8.37. The van der Waals surface area contributed by atoms with Gasteiger partial charge < -0.3 is 15.5 Å². The Labute approximate surface area is 249 Å². The van der Waals surface area contributed by atoms with E-state index < -0.39 is 28.9 Å². The standard InChI is InChI=1S/C33H27F2N5O4/c1-33(14-18-4-7-20(34)8-5-18)29-28(31(42)39-33)26(27(30(36)41)23(38-29)12-17-2-3-17)19-6-11-24-25(13-19)44-32(43)40(24)16-22-10-9-21(35)15-37-22/h4-11,13,15,17H,2-3,12,14,16H2,1H3,(H2,36,41)(H,39,42)/t33-/m1/s1. The largest absolute Gasteiger partial charge is 0.420 e. The fourth-order valence-corrected chi connectivity index (χ4v) is 6.10. The summed E-state index contributed by atoms with van der Waals surface area (Å²) >= 11 is 0. The summed E-state index contributed by atoms with van der Waals surface area (Å²) in [7, 11) is 0. The second-order valence-corrected chi connectivity index (χ2v) is 11.7. The molecule has 44 heavy (non-hydrogen) atoms. The predicted molar refractivity (Wildman–Crippen MR) is 157 cm³/mol. The molecule has 1 atom stereocenters. The number of rotatable bonds is 8. The van der Waals surface area contributed by atoms with Crippen molar-refractivity contribution < 1.29 is 22.8 Å². The predicted octanol–water partition coefficient (Wildman–Crippen LogP) is 4.63. The van der Waals surface area contributed by atoms with Gasteiger partial charge in [0.2, 0.25) is 0 Å². The zero-order valence-electron chi connectivity index (χ0n) is 23.7. The van der Waals surface area contributed by atoms with E-state index in [2.05, 4.69) is 10.3 Å². The quantitative estimate of drug-likeness (QED) is 0.269. The highest BCUT2D eigenvalue weighted by atomic mass is 19.1. The molecule has 222 valence electrons. The molecule has 5 aromatic rings. The summed E-state index contributed by atoms with van der Waals surface area (Å²) in [6.07, 6.45) is 3.95. The van der Waals surface area contributed by atoms with Crippen LogP contribution in [0.1, 0.15) is 63.1 Å². The summed E-state index contributed by atoms with van der Waals surface area (Å²) in [5.41, 5.74) is 9.14. The maximum absolute atomic E-state index is 13.7. The van der Waals surface area contributed by atoms with E-state index in [1.807, 2.05) is 6.92 Å². The van der Waals surface area contributed by atoms with Crippen LogP contribution in [0.5, 0.6) is 0 Å². The molecule has 1 fully saturated rings. The Morgan fingerprint density at radius 1 is 1.07 bits per heavy atom. The molecule has 2 amide bonds. The van der Waals surface area contributed by atoms with E-state index in [1.165, 1.54) is 28.8 Å². The van der Waals surface area contributed by atoms with Crippen LogP contribution in [-0.4, -0.2) is 26.3 Å². The highest BCUT2D eigenvalue weighted by Crippen LogP contribution is 2.43. The Hall–Kier alpha value is -5.19. The highest BCUT2D eigenvalue weighted by Gasteiger charge is 2.45. The SMILES string of the molecule is C[C@]1(Cc2ccc(F)cc2)NC(=O)c2c1nc(CC1CC1)c(C(N)=O)c2-c1ccc2c(c1)oc(=O)n2Cc1ccc(F)cn1. The lowest BCUT2D eigenvalue weighted by atomic mass is 9.85. The molecule has 0 spiro atoms. The normalized spacial score (nSPS) is 17.6. The molecule has 1 saturated carbocycles. The zero-order valence-corrected chi connectivity index (χ0v) is 23.7. The molecule has 0 radical (unpaired) electrons. The number of fused-ring (bicyclic) bond motifs is 2. The first kappa shape index (κ1) is 27.6. The van der Waals surface area contributed by atoms with Crippen LogP contribution in [0.4, 0.5) is 8.78 Å². The van der Waals surface area contributed by atoms with Crippen molar-refractivity contribution in [2.75, 3.05) is 0 Å². The van der Waals surface area contributed by atoms with Gasteiger partial charge in [-0.25, -0.2) is 13.6 Å². The number of carbonyl (C=O) groups excluding carboxylic acids is 2. The molecule has 1 aliphatic heterocycles. The van der Waals surface area contributed by atoms with E-state index in [0.717, 1.165) is 24.6 Å². The molecule has 9 nitrogen and oxygen atoms in total. The number of benzene rings is 2. The van der Waals surface area contributed by atoms with E-state index in [1.54, 1.807) is 30.3 Å². The van der Waals surface area contributed by atoms with E-state index in [-0.39, 0.29) is 29.1 Å². The van der Waals surface area contributed by atoms with Gasteiger partial charge in [0, 0.05) is 12.0 Å². The third-order valence-corrected chi connectivity index (χ3v) is 8.37. The molecular weight excluding hydrogens is 568 g/mol. The summed E-state index contributed by atoms with van der Waals surface area (Å²) < 4.78 is 33.9. The van der Waals surface area contributed by atoms with Crippen LogP contribution in [0, 0.1) is 17.6 Å². The van der Waals surface area contributed by atoms with E-state index in [0.29, 0.717) is 52.5 Å². The van der Waals surface area contributed by atoms with Crippen LogP contribution in [0.25, 0.3) is 22.2 Å². The summed E-state index contributed by atoms with van der Waals surface area (Å²) in [6, 6.07) is 13.8. The number of nitrogens with zero attached hydrogens (tertiary/aromatic N) is 3. The second kappa shape index (κ2) is 10.2. The molecule has 11 heteroatoms. The molecule has 3 aromatic heterocycles. The third kappa shape index (κ3) is 4.83. The fourth-order valence-electron chi connectivity index (χ4n) is 6.10. The molecule has 0 unspecified atom stereocenters. The van der Waals surface area contributed by atoms with Crippen molar-refractivity contribution in [3.05, 3.63) is 117 Å². The number of hydrogen-bond acceptors (Lipinski definition) is 6. The van der Waals surface area contributed by atoms with E-state index >= 15 is 0 Å². The van der Waals surface area contributed by atoms with Crippen LogP contribution in [0.15, 0.2) is 70.0 Å². The van der Waals surface area contributed by atoms with Crippen LogP contribution in [0.3, 0.4) is 0 Å². The molecule has 3 N–H and O–H groups in total. The minimum absolute atomic E-state index is 0.0539. The Kier molecular flexibility index (Phi) is 6.42. The van der Waals surface area contributed by atoms with Gasteiger partial charge in [-0.1, -0.05) is 18.2 Å². The maximum atomic E-state index is 13.7. The summed E-state index contributed by atoms with van der Waals surface area (Å²) in [4.78, 5) is 48.6. The first-order valence-corrected chi connectivity index (χ1v) is 14.3. The molecule has 7 rings (SSSR count). The van der Waals surface area contributed by atoms with Crippen LogP contribution >= 0.6 is 0 Å². The number of aromatic nitrogens is 3. The first-order chi connectivity index (χ1) is 21.1. The maximum Gasteiger partial charge on any atom is 0.420 e. The van der Waals surface area contributed by atoms with Gasteiger partial charge >= 0.3 is 5.76 Å². The summed E-state index contributed by atoms with van der Waals surface area (Å²) in [5.74, 6) is -2.28. The number of nitrogens with two attached hydrogens (primary N) is 1. The van der Waals surface area contributed by atoms with Gasteiger partial charge in [0.25, 0.3) is 11.8 Å². The van der Waals surface area contributed by atoms with Gasteiger partial charge in [0.05, 0.1) is 52.0 Å². The molecular formula is C33H27F2N5O4. The minimum atomic E-state index is -0.949. The van der Waals surface area contributed by atoms with Crippen molar-refractivity contribution in [3.63, 3.8) is 0 Å². The Balaban J connectivity index is 1.39. The molecule has 1 aliphatic carbocycles. The van der Waals surface area contributed by atoms with E-state index in [4.69, 9.17) is 15.1 Å². The number of pyridine rings is 2. The molecule has 2 aliphatic rings. The number of amides is 2. The van der Waals surface area contributed by atoms with Crippen LogP contribution in [-0.2, 0) is 24.9 Å². The van der Waals surface area contributed by atoms with Gasteiger partial charge in [0.1, 0.15) is 11.6 Å². The number of carbonyl (C=O) groups is 2. The first-order valence-electron chi connectivity index (χ1n) is 14.3. The van der Waals surface area contributed by atoms with E-state index in [9.17, 15) is 23.2 Å². The lowest BCUT2D eigenvalue weighted by Crippen LogP contribution is -2.39. The zero-order chi connectivity index (χ0) is 30.7. The van der Waals surface area contributed by atoms with Crippen molar-refractivity contribution in [1.82, 2.24) is 19.9 Å². The van der Waals surface area contributed by atoms with Gasteiger partial charge in [-0.05, 0) is 79.6 Å². The molecule has 0 bridgehead atoms. The summed E-state index contributed by atoms with van der Waals surface area (Å²) in [6.45, 7) is 1.91. The average molecular weight is 596 g/mol. The van der Waals surface area contributed by atoms with Crippen LogP contribution < -0.4 is 16.8 Å². The number of oxazole rings is 1. The molecule has 2 aromatic carbocycles. The van der Waals surface area contributed by atoms with Crippen molar-refractivity contribution in [3.8, 4) is 11.1 Å². The topological polar surface area (TPSA) is 133 Å². The lowest BCUT2D eigenvalue weighted by Gasteiger charge is -2.26. The van der Waals surface area contributed by atoms with Gasteiger partial charge in [-0.2, -0.15) is 0 Å². The smallest absolute Gasteiger partial charge is 0.408 e. The van der Waals surface area contributed by atoms with Gasteiger partial charge in [-0.15, -0.1) is 0 Å². The Bertz CT molecular complexity index is 2030. The molecule has 0 saturated heterocycles. The van der Waals surface area contributed by atoms with Crippen molar-refractivity contribution in [1.29, 1.82) is 0 Å². The second-order valence-electron chi connectivity index (χ2n) is 11.7. The number of primary amides is 1. The van der Waals surface area contributed by atoms with Gasteiger partial charge in [-0.3, -0.25) is 24.1 Å². The Morgan fingerprint density at radius 3 is 2.50 bits per heavy atom. The monoisotopic (exact) mass is 595 g/mol. The lowest BCUT2D eigenvalue weighted by molar-refractivity contribution is 0.0935. The number of hydrogen-bond donors (Lipinski definition) is 2. The summed E-state index contributed by atoms with van der Waals surface area (Å²) in [5, 5.41) is 3.05. The minimum Gasteiger partial charge on any atom is -0.408 e. The van der Waals surface area contributed by atoms with Crippen molar-refractivity contribution >= 4 is 22.9 Å². The Morgan fingerprint density at radius 2 is 1.82 bits per heavy atom. The highest BCUT2D eigenvalue weighted by molar-refractivity contribution is 6.12. The fraction of sp³-hybridized carbons (Fsp3) is 0.242. The number of halogens is 2.